The molecular weight excluding hydrogens is 324 g/mol. The maximum atomic E-state index is 5.60. The Kier molecular flexibility index (Phi) is 4.24. The summed E-state index contributed by atoms with van der Waals surface area (Å²) in [5.41, 5.74) is 9.61. The largest absolute Gasteiger partial charge is 0.376 e. The third-order valence-corrected chi connectivity index (χ3v) is 4.55. The van der Waals surface area contributed by atoms with E-state index in [9.17, 15) is 0 Å². The number of fused-ring (bicyclic) bond motifs is 1. The van der Waals surface area contributed by atoms with Gasteiger partial charge < -0.3 is 15.8 Å². The molecule has 24 heavy (non-hydrogen) atoms. The molecule has 0 amide bonds. The maximum Gasteiger partial charge on any atom is 0.237 e. The lowest BCUT2D eigenvalue weighted by molar-refractivity contribution is 0.109. The molecule has 3 N–H and O–H groups in total. The monoisotopic (exact) mass is 342 g/mol. The van der Waals surface area contributed by atoms with E-state index in [1.54, 1.807) is 17.7 Å². The van der Waals surface area contributed by atoms with Gasteiger partial charge in [0.15, 0.2) is 0 Å². The number of imidazole rings is 1. The number of rotatable bonds is 5. The van der Waals surface area contributed by atoms with Crippen molar-refractivity contribution in [2.45, 2.75) is 19.4 Å². The van der Waals surface area contributed by atoms with Crippen LogP contribution in [0.5, 0.6) is 0 Å². The molecule has 0 radical (unpaired) electrons. The SMILES string of the molecule is NCCc1cn(-c2nc3c(c(Nc4ccsc4)n2)COCC3)cn1. The topological polar surface area (TPSA) is 90.9 Å². The van der Waals surface area contributed by atoms with E-state index in [0.717, 1.165) is 41.3 Å². The molecule has 3 aromatic rings. The molecule has 7 nitrogen and oxygen atoms in total. The van der Waals surface area contributed by atoms with Crippen molar-refractivity contribution in [2.75, 3.05) is 18.5 Å². The van der Waals surface area contributed by atoms with Crippen LogP contribution in [0, 0.1) is 0 Å². The zero-order chi connectivity index (χ0) is 16.4. The number of hydrogen-bond acceptors (Lipinski definition) is 7. The van der Waals surface area contributed by atoms with Crippen molar-refractivity contribution < 1.29 is 4.74 Å². The minimum Gasteiger partial charge on any atom is -0.376 e. The third-order valence-electron chi connectivity index (χ3n) is 3.86. The van der Waals surface area contributed by atoms with Crippen LogP contribution in [0.15, 0.2) is 29.4 Å². The summed E-state index contributed by atoms with van der Waals surface area (Å²) in [7, 11) is 0. The van der Waals surface area contributed by atoms with Crippen LogP contribution in [-0.4, -0.2) is 32.7 Å². The fourth-order valence-electron chi connectivity index (χ4n) is 2.66. The van der Waals surface area contributed by atoms with Gasteiger partial charge in [-0.25, -0.2) is 9.97 Å². The molecule has 0 aliphatic carbocycles. The minimum atomic E-state index is 0.532. The lowest BCUT2D eigenvalue weighted by Gasteiger charge is -2.20. The Morgan fingerprint density at radius 2 is 2.33 bits per heavy atom. The van der Waals surface area contributed by atoms with Gasteiger partial charge >= 0.3 is 0 Å². The Balaban J connectivity index is 1.74. The summed E-state index contributed by atoms with van der Waals surface area (Å²) in [4.78, 5) is 13.8. The van der Waals surface area contributed by atoms with Gasteiger partial charge in [0.05, 0.1) is 30.3 Å². The molecule has 1 aliphatic heterocycles. The standard InChI is InChI=1S/C16H18N6OS/c17-4-1-11-7-22(10-18-11)16-20-14-2-5-23-8-13(14)15(21-16)19-12-3-6-24-9-12/h3,6-7,9-10H,1-2,4-5,8,17H2,(H,19,20,21). The summed E-state index contributed by atoms with van der Waals surface area (Å²) in [6.07, 6.45) is 5.20. The van der Waals surface area contributed by atoms with E-state index in [2.05, 4.69) is 15.7 Å². The second-order valence-corrected chi connectivity index (χ2v) is 6.33. The first-order valence-electron chi connectivity index (χ1n) is 7.83. The minimum absolute atomic E-state index is 0.532. The Hall–Kier alpha value is -2.29. The summed E-state index contributed by atoms with van der Waals surface area (Å²) < 4.78 is 7.43. The molecule has 0 bridgehead atoms. The number of nitrogens with two attached hydrogens (primary N) is 1. The van der Waals surface area contributed by atoms with Gasteiger partial charge in [-0.3, -0.25) is 4.57 Å². The fourth-order valence-corrected chi connectivity index (χ4v) is 3.25. The highest BCUT2D eigenvalue weighted by Gasteiger charge is 2.19. The van der Waals surface area contributed by atoms with E-state index in [4.69, 9.17) is 20.4 Å². The number of hydrogen-bond donors (Lipinski definition) is 2. The lowest BCUT2D eigenvalue weighted by Crippen LogP contribution is -2.17. The molecular formula is C16H18N6OS. The highest BCUT2D eigenvalue weighted by atomic mass is 32.1. The number of thiophene rings is 1. The van der Waals surface area contributed by atoms with Crippen molar-refractivity contribution >= 4 is 22.8 Å². The molecule has 1 aliphatic rings. The fraction of sp³-hybridized carbons (Fsp3) is 0.312. The van der Waals surface area contributed by atoms with Crippen molar-refractivity contribution in [1.82, 2.24) is 19.5 Å². The van der Waals surface area contributed by atoms with Crippen LogP contribution >= 0.6 is 11.3 Å². The second-order valence-electron chi connectivity index (χ2n) is 5.55. The molecule has 8 heteroatoms. The highest BCUT2D eigenvalue weighted by molar-refractivity contribution is 7.08. The van der Waals surface area contributed by atoms with E-state index in [1.807, 2.05) is 22.2 Å². The van der Waals surface area contributed by atoms with E-state index in [0.29, 0.717) is 25.7 Å². The van der Waals surface area contributed by atoms with Gasteiger partial charge in [-0.2, -0.15) is 16.3 Å². The molecule has 4 heterocycles. The van der Waals surface area contributed by atoms with Gasteiger partial charge in [0.1, 0.15) is 12.1 Å². The smallest absolute Gasteiger partial charge is 0.237 e. The van der Waals surface area contributed by atoms with E-state index in [1.165, 1.54) is 0 Å². The number of nitrogens with zero attached hydrogens (tertiary/aromatic N) is 4. The van der Waals surface area contributed by atoms with Crippen molar-refractivity contribution in [3.8, 4) is 5.95 Å². The van der Waals surface area contributed by atoms with E-state index < -0.39 is 0 Å². The summed E-state index contributed by atoms with van der Waals surface area (Å²) in [6, 6.07) is 2.03. The van der Waals surface area contributed by atoms with Gasteiger partial charge in [-0.05, 0) is 18.0 Å². The van der Waals surface area contributed by atoms with Gasteiger partial charge in [0.2, 0.25) is 5.95 Å². The quantitative estimate of drug-likeness (QED) is 0.737. The Morgan fingerprint density at radius 3 is 3.17 bits per heavy atom. The van der Waals surface area contributed by atoms with Crippen molar-refractivity contribution in [2.24, 2.45) is 5.73 Å². The molecule has 0 saturated carbocycles. The van der Waals surface area contributed by atoms with Gasteiger partial charge in [-0.15, -0.1) is 0 Å². The van der Waals surface area contributed by atoms with E-state index >= 15 is 0 Å². The molecule has 0 aromatic carbocycles. The zero-order valence-electron chi connectivity index (χ0n) is 13.1. The Morgan fingerprint density at radius 1 is 1.38 bits per heavy atom. The third kappa shape index (κ3) is 3.03. The zero-order valence-corrected chi connectivity index (χ0v) is 13.9. The predicted molar refractivity (Wildman–Crippen MR) is 92.9 cm³/mol. The molecule has 0 saturated heterocycles. The van der Waals surface area contributed by atoms with Gasteiger partial charge in [0, 0.05) is 30.0 Å². The highest BCUT2D eigenvalue weighted by Crippen LogP contribution is 2.27. The second kappa shape index (κ2) is 6.68. The molecule has 124 valence electrons. The average Bonchev–Trinajstić information content (AvgIpc) is 3.27. The number of aromatic nitrogens is 4. The van der Waals surface area contributed by atoms with Crippen molar-refractivity contribution in [3.05, 3.63) is 46.3 Å². The van der Waals surface area contributed by atoms with Crippen LogP contribution in [0.1, 0.15) is 17.0 Å². The molecule has 0 atom stereocenters. The summed E-state index contributed by atoms with van der Waals surface area (Å²) in [5.74, 6) is 1.41. The van der Waals surface area contributed by atoms with Crippen LogP contribution in [0.4, 0.5) is 11.5 Å². The first-order chi connectivity index (χ1) is 11.8. The summed E-state index contributed by atoms with van der Waals surface area (Å²) >= 11 is 1.64. The molecule has 0 spiro atoms. The first kappa shape index (κ1) is 15.3. The van der Waals surface area contributed by atoms with Gasteiger partial charge in [0.25, 0.3) is 0 Å². The summed E-state index contributed by atoms with van der Waals surface area (Å²) in [6.45, 7) is 1.79. The van der Waals surface area contributed by atoms with Crippen LogP contribution in [0.2, 0.25) is 0 Å². The number of nitrogens with one attached hydrogen (secondary N) is 1. The molecule has 0 unspecified atom stereocenters. The number of anilines is 2. The normalized spacial score (nSPS) is 13.7. The van der Waals surface area contributed by atoms with Crippen LogP contribution in [-0.2, 0) is 24.2 Å². The van der Waals surface area contributed by atoms with Crippen LogP contribution in [0.25, 0.3) is 5.95 Å². The van der Waals surface area contributed by atoms with Gasteiger partial charge in [-0.1, -0.05) is 0 Å². The molecule has 3 aromatic heterocycles. The molecule has 4 rings (SSSR count). The maximum absolute atomic E-state index is 5.60. The van der Waals surface area contributed by atoms with Crippen LogP contribution in [0.3, 0.4) is 0 Å². The Labute approximate surface area is 143 Å². The average molecular weight is 342 g/mol. The van der Waals surface area contributed by atoms with Crippen LogP contribution < -0.4 is 11.1 Å². The Bertz CT molecular complexity index is 829. The van der Waals surface area contributed by atoms with E-state index in [-0.39, 0.29) is 0 Å². The van der Waals surface area contributed by atoms with Crippen molar-refractivity contribution in [1.29, 1.82) is 0 Å². The van der Waals surface area contributed by atoms with Crippen molar-refractivity contribution in [3.63, 3.8) is 0 Å². The lowest BCUT2D eigenvalue weighted by atomic mass is 10.1. The molecule has 0 fully saturated rings. The first-order valence-corrected chi connectivity index (χ1v) is 8.78. The summed E-state index contributed by atoms with van der Waals surface area (Å²) in [5, 5.41) is 7.46. The number of ether oxygens (including phenoxy) is 1. The predicted octanol–water partition coefficient (Wildman–Crippen LogP) is 2.04.